The van der Waals surface area contributed by atoms with Crippen LogP contribution in [-0.4, -0.2) is 32.6 Å². The average molecular weight is 650 g/mol. The predicted molar refractivity (Wildman–Crippen MR) is 153 cm³/mol. The lowest BCUT2D eigenvalue weighted by Gasteiger charge is -2.16. The van der Waals surface area contributed by atoms with Crippen LogP contribution in [0.4, 0.5) is 43.5 Å². The van der Waals surface area contributed by atoms with E-state index in [-0.39, 0.29) is 51.3 Å². The minimum absolute atomic E-state index is 0.00572. The van der Waals surface area contributed by atoms with E-state index in [0.29, 0.717) is 17.7 Å². The molecule has 2 amide bonds. The quantitative estimate of drug-likeness (QED) is 0.181. The van der Waals surface area contributed by atoms with Crippen LogP contribution in [0.2, 0.25) is 5.02 Å². The zero-order valence-corrected chi connectivity index (χ0v) is 24.3. The number of aromatic nitrogens is 3. The number of carbonyl (C=O) groups excluding carboxylic acids is 2. The molecular formula is C29H22ClF6N7O2. The van der Waals surface area contributed by atoms with Gasteiger partial charge in [-0.25, -0.2) is 9.67 Å². The van der Waals surface area contributed by atoms with Crippen molar-refractivity contribution in [1.29, 1.82) is 5.26 Å². The topological polar surface area (TPSA) is 125 Å². The van der Waals surface area contributed by atoms with E-state index < -0.39 is 41.0 Å². The van der Waals surface area contributed by atoms with Crippen LogP contribution in [-0.2, 0) is 12.4 Å². The Hall–Kier alpha value is -5.10. The number of aryl methyl sites for hydroxylation is 1. The standard InChI is InChI=1S/C29H22ClF6N7O2/c1-14(2)39-26(44)20-8-16(13-37)7-15(3)24(20)41-27(45)22-12-23(42-43(22)25-21(30)5-4-6-38-25)40-19-10-17(28(31,32)33)9-18(11-19)29(34,35)36/h4-12,14H,1-3H3,(H,39,44)(H,40,42)(H,41,45). The molecule has 0 saturated carbocycles. The summed E-state index contributed by atoms with van der Waals surface area (Å²) in [6.45, 7) is 4.97. The molecule has 0 spiro atoms. The average Bonchev–Trinajstić information content (AvgIpc) is 3.36. The number of rotatable bonds is 7. The Morgan fingerprint density at radius 2 is 1.62 bits per heavy atom. The van der Waals surface area contributed by atoms with Crippen molar-refractivity contribution >= 4 is 40.6 Å². The molecule has 0 atom stereocenters. The van der Waals surface area contributed by atoms with Crippen LogP contribution in [0.15, 0.2) is 54.7 Å². The molecule has 0 saturated heterocycles. The van der Waals surface area contributed by atoms with Gasteiger partial charge in [0.05, 0.1) is 39.0 Å². The fourth-order valence-corrected chi connectivity index (χ4v) is 4.39. The highest BCUT2D eigenvalue weighted by atomic mass is 35.5. The smallest absolute Gasteiger partial charge is 0.350 e. The second-order valence-electron chi connectivity index (χ2n) is 9.96. The Bertz CT molecular complexity index is 1800. The molecule has 4 rings (SSSR count). The Morgan fingerprint density at radius 3 is 2.18 bits per heavy atom. The molecule has 0 aliphatic rings. The van der Waals surface area contributed by atoms with Gasteiger partial charge in [-0.15, -0.1) is 5.10 Å². The van der Waals surface area contributed by atoms with Crippen molar-refractivity contribution in [2.45, 2.75) is 39.2 Å². The highest BCUT2D eigenvalue weighted by Crippen LogP contribution is 2.38. The molecule has 2 aromatic heterocycles. The Balaban J connectivity index is 1.82. The third-order valence-electron chi connectivity index (χ3n) is 6.11. The first-order valence-electron chi connectivity index (χ1n) is 12.9. The fraction of sp³-hybridized carbons (Fsp3) is 0.207. The van der Waals surface area contributed by atoms with E-state index in [0.717, 1.165) is 10.7 Å². The summed E-state index contributed by atoms with van der Waals surface area (Å²) >= 11 is 6.27. The first-order chi connectivity index (χ1) is 21.0. The number of halogens is 7. The third-order valence-corrected chi connectivity index (χ3v) is 6.40. The zero-order valence-electron chi connectivity index (χ0n) is 23.5. The van der Waals surface area contributed by atoms with E-state index in [1.807, 2.05) is 6.07 Å². The Kier molecular flexibility index (Phi) is 9.10. The lowest BCUT2D eigenvalue weighted by Crippen LogP contribution is -2.31. The summed E-state index contributed by atoms with van der Waals surface area (Å²) in [4.78, 5) is 30.8. The van der Waals surface area contributed by atoms with E-state index in [9.17, 15) is 41.2 Å². The highest BCUT2D eigenvalue weighted by Gasteiger charge is 2.37. The van der Waals surface area contributed by atoms with Crippen LogP contribution in [0.5, 0.6) is 0 Å². The highest BCUT2D eigenvalue weighted by molar-refractivity contribution is 6.32. The second kappa shape index (κ2) is 12.5. The number of anilines is 3. The Morgan fingerprint density at radius 1 is 0.978 bits per heavy atom. The van der Waals surface area contributed by atoms with E-state index in [2.05, 4.69) is 26.0 Å². The lowest BCUT2D eigenvalue weighted by atomic mass is 10.0. The van der Waals surface area contributed by atoms with Gasteiger partial charge in [0.1, 0.15) is 5.69 Å². The molecule has 9 nitrogen and oxygen atoms in total. The van der Waals surface area contributed by atoms with E-state index in [4.69, 9.17) is 11.6 Å². The Labute approximate surface area is 256 Å². The molecule has 2 heterocycles. The van der Waals surface area contributed by atoms with E-state index in [1.54, 1.807) is 20.8 Å². The summed E-state index contributed by atoms with van der Waals surface area (Å²) in [5.74, 6) is -1.91. The van der Waals surface area contributed by atoms with Gasteiger partial charge in [-0.1, -0.05) is 11.6 Å². The summed E-state index contributed by atoms with van der Waals surface area (Å²) in [7, 11) is 0. The van der Waals surface area contributed by atoms with Crippen molar-refractivity contribution in [3.05, 3.63) is 93.3 Å². The number of hydrogen-bond acceptors (Lipinski definition) is 6. The zero-order chi connectivity index (χ0) is 33.3. The predicted octanol–water partition coefficient (Wildman–Crippen LogP) is 7.27. The van der Waals surface area contributed by atoms with Gasteiger partial charge in [-0.3, -0.25) is 9.59 Å². The van der Waals surface area contributed by atoms with Gasteiger partial charge in [-0.2, -0.15) is 31.6 Å². The molecule has 0 bridgehead atoms. The van der Waals surface area contributed by atoms with Crippen molar-refractivity contribution in [1.82, 2.24) is 20.1 Å². The first kappa shape index (κ1) is 32.8. The number of benzene rings is 2. The van der Waals surface area contributed by atoms with E-state index in [1.165, 1.54) is 30.5 Å². The lowest BCUT2D eigenvalue weighted by molar-refractivity contribution is -0.143. The van der Waals surface area contributed by atoms with Gasteiger partial charge in [0.25, 0.3) is 11.8 Å². The van der Waals surface area contributed by atoms with Gasteiger partial charge in [0.15, 0.2) is 11.6 Å². The third kappa shape index (κ3) is 7.52. The summed E-state index contributed by atoms with van der Waals surface area (Å²) < 4.78 is 81.5. The van der Waals surface area contributed by atoms with Crippen molar-refractivity contribution in [2.24, 2.45) is 0 Å². The fourth-order valence-electron chi connectivity index (χ4n) is 4.19. The van der Waals surface area contributed by atoms with Crippen molar-refractivity contribution in [2.75, 3.05) is 10.6 Å². The minimum atomic E-state index is -5.10. The maximum absolute atomic E-state index is 13.7. The molecule has 4 aromatic rings. The largest absolute Gasteiger partial charge is 0.416 e. The summed E-state index contributed by atoms with van der Waals surface area (Å²) in [5.41, 5.74) is -3.54. The number of amides is 2. The van der Waals surface area contributed by atoms with Crippen LogP contribution >= 0.6 is 11.6 Å². The van der Waals surface area contributed by atoms with Gasteiger partial charge in [0, 0.05) is 24.0 Å². The van der Waals surface area contributed by atoms with Crippen molar-refractivity contribution in [3.8, 4) is 11.9 Å². The normalized spacial score (nSPS) is 11.7. The first-order valence-corrected chi connectivity index (χ1v) is 13.3. The molecule has 0 aliphatic carbocycles. The van der Waals surface area contributed by atoms with Gasteiger partial charge in [-0.05, 0) is 68.8 Å². The van der Waals surface area contributed by atoms with Crippen molar-refractivity contribution in [3.63, 3.8) is 0 Å². The van der Waals surface area contributed by atoms with E-state index >= 15 is 0 Å². The van der Waals surface area contributed by atoms with Crippen molar-refractivity contribution < 1.29 is 35.9 Å². The maximum atomic E-state index is 13.7. The molecule has 0 unspecified atom stereocenters. The number of alkyl halides is 6. The van der Waals surface area contributed by atoms with Crippen LogP contribution < -0.4 is 16.0 Å². The summed E-state index contributed by atoms with van der Waals surface area (Å²) in [6.07, 6.45) is -8.87. The number of pyridine rings is 1. The molecule has 0 fully saturated rings. The number of carbonyl (C=O) groups is 2. The molecule has 45 heavy (non-hydrogen) atoms. The monoisotopic (exact) mass is 649 g/mol. The van der Waals surface area contributed by atoms with Crippen LogP contribution in [0.1, 0.15) is 56.9 Å². The molecule has 234 valence electrons. The van der Waals surface area contributed by atoms with Gasteiger partial charge in [0.2, 0.25) is 0 Å². The number of nitrogens with zero attached hydrogens (tertiary/aromatic N) is 4. The number of nitriles is 1. The summed E-state index contributed by atoms with van der Waals surface area (Å²) in [6, 6.07) is 9.22. The van der Waals surface area contributed by atoms with Gasteiger partial charge >= 0.3 is 12.4 Å². The van der Waals surface area contributed by atoms with Gasteiger partial charge < -0.3 is 16.0 Å². The molecule has 2 aromatic carbocycles. The molecule has 0 aliphatic heterocycles. The molecule has 16 heteroatoms. The number of nitrogens with one attached hydrogen (secondary N) is 3. The molecule has 3 N–H and O–H groups in total. The maximum Gasteiger partial charge on any atom is 0.416 e. The molecule has 0 radical (unpaired) electrons. The van der Waals surface area contributed by atoms with Crippen LogP contribution in [0, 0.1) is 18.3 Å². The second-order valence-corrected chi connectivity index (χ2v) is 10.4. The van der Waals surface area contributed by atoms with Crippen LogP contribution in [0.3, 0.4) is 0 Å². The minimum Gasteiger partial charge on any atom is -0.350 e. The number of hydrogen-bond donors (Lipinski definition) is 3. The SMILES string of the molecule is Cc1cc(C#N)cc(C(=O)NC(C)C)c1NC(=O)c1cc(Nc2cc(C(F)(F)F)cc(C(F)(F)F)c2)nn1-c1ncccc1Cl. The van der Waals surface area contributed by atoms with Crippen LogP contribution in [0.25, 0.3) is 5.82 Å². The molecular weight excluding hydrogens is 628 g/mol. The summed E-state index contributed by atoms with van der Waals surface area (Å²) in [5, 5.41) is 21.2.